The van der Waals surface area contributed by atoms with Crippen LogP contribution < -0.4 is 14.9 Å². The highest BCUT2D eigenvalue weighted by atomic mass is 16.6. The quantitative estimate of drug-likeness (QED) is 0.311. The molecule has 0 unspecified atom stereocenters. The minimum atomic E-state index is -0.310. The molecule has 31 heavy (non-hydrogen) atoms. The van der Waals surface area contributed by atoms with Crippen LogP contribution in [0.3, 0.4) is 0 Å². The molecule has 0 fully saturated rings. The lowest BCUT2D eigenvalue weighted by atomic mass is 10.0. The Kier molecular flexibility index (Phi) is 7.37. The fourth-order valence-corrected chi connectivity index (χ4v) is 2.86. The van der Waals surface area contributed by atoms with Gasteiger partial charge in [-0.15, -0.1) is 0 Å². The highest BCUT2D eigenvalue weighted by Gasteiger charge is 2.14. The lowest BCUT2D eigenvalue weighted by Crippen LogP contribution is -2.18. The van der Waals surface area contributed by atoms with Crippen LogP contribution in [0, 0.1) is 0 Å². The SMILES string of the molecule is CO/N=C/C(=N\Nc1cc(OC)ccc1OC)C(=O)c1ccc(-c2ccccc2)cc1. The van der Waals surface area contributed by atoms with Gasteiger partial charge < -0.3 is 14.3 Å². The van der Waals surface area contributed by atoms with Gasteiger partial charge in [0, 0.05) is 11.6 Å². The molecular formula is C24H23N3O4. The zero-order chi connectivity index (χ0) is 22.1. The fraction of sp³-hybridized carbons (Fsp3) is 0.125. The maximum Gasteiger partial charge on any atom is 0.214 e. The predicted octanol–water partition coefficient (Wildman–Crippen LogP) is 4.65. The lowest BCUT2D eigenvalue weighted by molar-refractivity contribution is 0.106. The molecule has 7 heteroatoms. The number of methoxy groups -OCH3 is 2. The predicted molar refractivity (Wildman–Crippen MR) is 122 cm³/mol. The normalized spacial score (nSPS) is 11.3. The number of nitrogens with one attached hydrogen (secondary N) is 1. The van der Waals surface area contributed by atoms with Crippen molar-refractivity contribution in [1.29, 1.82) is 0 Å². The summed E-state index contributed by atoms with van der Waals surface area (Å²) in [6.07, 6.45) is 1.26. The van der Waals surface area contributed by atoms with E-state index in [2.05, 4.69) is 15.7 Å². The molecule has 0 radical (unpaired) electrons. The lowest BCUT2D eigenvalue weighted by Gasteiger charge is -2.10. The summed E-state index contributed by atoms with van der Waals surface area (Å²) in [5.41, 5.74) is 6.02. The van der Waals surface area contributed by atoms with Gasteiger partial charge in [0.15, 0.2) is 5.71 Å². The van der Waals surface area contributed by atoms with Crippen molar-refractivity contribution in [3.05, 3.63) is 78.4 Å². The number of hydrogen-bond acceptors (Lipinski definition) is 7. The molecule has 7 nitrogen and oxygen atoms in total. The van der Waals surface area contributed by atoms with E-state index >= 15 is 0 Å². The summed E-state index contributed by atoms with van der Waals surface area (Å²) >= 11 is 0. The maximum absolute atomic E-state index is 13.0. The van der Waals surface area contributed by atoms with Crippen molar-refractivity contribution >= 4 is 23.4 Å². The second kappa shape index (κ2) is 10.6. The molecule has 0 saturated heterocycles. The van der Waals surface area contributed by atoms with Crippen molar-refractivity contribution in [3.8, 4) is 22.6 Å². The Labute approximate surface area is 181 Å². The average Bonchev–Trinajstić information content (AvgIpc) is 2.84. The van der Waals surface area contributed by atoms with Crippen LogP contribution in [0.15, 0.2) is 83.1 Å². The smallest absolute Gasteiger partial charge is 0.214 e. The summed E-state index contributed by atoms with van der Waals surface area (Å²) in [6, 6.07) is 22.5. The van der Waals surface area contributed by atoms with E-state index in [1.54, 1.807) is 44.6 Å². The number of carbonyl (C=O) groups excluding carboxylic acids is 1. The molecule has 0 aliphatic rings. The number of rotatable bonds is 9. The molecule has 0 aliphatic carbocycles. The Bertz CT molecular complexity index is 1080. The number of ether oxygens (including phenoxy) is 2. The Balaban J connectivity index is 1.87. The van der Waals surface area contributed by atoms with Gasteiger partial charge in [-0.1, -0.05) is 59.8 Å². The van der Waals surface area contributed by atoms with Gasteiger partial charge in [-0.2, -0.15) is 5.10 Å². The van der Waals surface area contributed by atoms with Gasteiger partial charge in [-0.05, 0) is 23.3 Å². The molecular weight excluding hydrogens is 394 g/mol. The first-order valence-corrected chi connectivity index (χ1v) is 9.48. The van der Waals surface area contributed by atoms with E-state index in [4.69, 9.17) is 14.3 Å². The zero-order valence-corrected chi connectivity index (χ0v) is 17.5. The van der Waals surface area contributed by atoms with E-state index in [-0.39, 0.29) is 11.5 Å². The van der Waals surface area contributed by atoms with Crippen molar-refractivity contribution in [2.45, 2.75) is 0 Å². The van der Waals surface area contributed by atoms with E-state index in [9.17, 15) is 4.79 Å². The first-order valence-electron chi connectivity index (χ1n) is 9.48. The Morgan fingerprint density at radius 1 is 0.871 bits per heavy atom. The van der Waals surface area contributed by atoms with Crippen molar-refractivity contribution in [2.24, 2.45) is 10.3 Å². The molecule has 0 heterocycles. The van der Waals surface area contributed by atoms with Crippen LogP contribution in [0.4, 0.5) is 5.69 Å². The molecule has 3 rings (SSSR count). The van der Waals surface area contributed by atoms with E-state index < -0.39 is 0 Å². The molecule has 3 aromatic carbocycles. The molecule has 0 aliphatic heterocycles. The summed E-state index contributed by atoms with van der Waals surface area (Å²) in [6.45, 7) is 0. The third-order valence-electron chi connectivity index (χ3n) is 4.47. The number of hydrazone groups is 1. The summed E-state index contributed by atoms with van der Waals surface area (Å²) in [7, 11) is 4.50. The van der Waals surface area contributed by atoms with Crippen LogP contribution in [0.2, 0.25) is 0 Å². The van der Waals surface area contributed by atoms with E-state index in [1.807, 2.05) is 42.5 Å². The monoisotopic (exact) mass is 417 g/mol. The minimum absolute atomic E-state index is 0.0687. The second-order valence-corrected chi connectivity index (χ2v) is 6.36. The van der Waals surface area contributed by atoms with Crippen molar-refractivity contribution < 1.29 is 19.1 Å². The number of benzene rings is 3. The first-order chi connectivity index (χ1) is 15.2. The topological polar surface area (TPSA) is 81.5 Å². The number of oxime groups is 1. The Hall–Kier alpha value is -4.13. The number of anilines is 1. The third-order valence-corrected chi connectivity index (χ3v) is 4.47. The highest BCUT2D eigenvalue weighted by Crippen LogP contribution is 2.29. The van der Waals surface area contributed by atoms with Gasteiger partial charge in [0.2, 0.25) is 5.78 Å². The van der Waals surface area contributed by atoms with Crippen LogP contribution in [0.25, 0.3) is 11.1 Å². The number of ketones is 1. The summed E-state index contributed by atoms with van der Waals surface area (Å²) in [5, 5.41) is 7.92. The van der Waals surface area contributed by atoms with E-state index in [0.717, 1.165) is 11.1 Å². The molecule has 1 N–H and O–H groups in total. The van der Waals surface area contributed by atoms with Crippen molar-refractivity contribution in [1.82, 2.24) is 0 Å². The third kappa shape index (κ3) is 5.48. The van der Waals surface area contributed by atoms with Gasteiger partial charge >= 0.3 is 0 Å². The summed E-state index contributed by atoms with van der Waals surface area (Å²) in [4.78, 5) is 17.8. The Morgan fingerprint density at radius 2 is 1.58 bits per heavy atom. The van der Waals surface area contributed by atoms with Gasteiger partial charge in [0.25, 0.3) is 0 Å². The number of hydrogen-bond donors (Lipinski definition) is 1. The molecule has 158 valence electrons. The standard InChI is InChI=1S/C24H23N3O4/c1-29-20-13-14-23(30-2)21(15-20)26-27-22(16-25-31-3)24(28)19-11-9-18(10-12-19)17-7-5-4-6-8-17/h4-16,26H,1-3H3/b25-16+,27-22+. The maximum atomic E-state index is 13.0. The number of Topliss-reactive ketones (excluding diaryl/α,β-unsaturated/α-hetero) is 1. The van der Waals surface area contributed by atoms with Crippen LogP contribution >= 0.6 is 0 Å². The molecule has 0 aromatic heterocycles. The highest BCUT2D eigenvalue weighted by molar-refractivity contribution is 6.64. The van der Waals surface area contributed by atoms with Gasteiger partial charge in [-0.25, -0.2) is 0 Å². The number of carbonyl (C=O) groups is 1. The zero-order valence-electron chi connectivity index (χ0n) is 17.5. The molecule has 0 bridgehead atoms. The van der Waals surface area contributed by atoms with Crippen LogP contribution in [-0.4, -0.2) is 39.0 Å². The van der Waals surface area contributed by atoms with Gasteiger partial charge in [-0.3, -0.25) is 10.2 Å². The van der Waals surface area contributed by atoms with Crippen LogP contribution in [0.5, 0.6) is 11.5 Å². The first kappa shape index (κ1) is 21.6. The molecule has 0 saturated carbocycles. The molecule has 0 amide bonds. The van der Waals surface area contributed by atoms with Crippen LogP contribution in [-0.2, 0) is 4.84 Å². The van der Waals surface area contributed by atoms with Gasteiger partial charge in [0.05, 0.1) is 20.4 Å². The molecule has 3 aromatic rings. The summed E-state index contributed by atoms with van der Waals surface area (Å²) < 4.78 is 10.6. The van der Waals surface area contributed by atoms with Gasteiger partial charge in [0.1, 0.15) is 24.3 Å². The fourth-order valence-electron chi connectivity index (χ4n) is 2.86. The number of nitrogens with zero attached hydrogens (tertiary/aromatic N) is 2. The van der Waals surface area contributed by atoms with E-state index in [0.29, 0.717) is 22.7 Å². The molecule has 0 atom stereocenters. The van der Waals surface area contributed by atoms with Crippen molar-refractivity contribution in [3.63, 3.8) is 0 Å². The minimum Gasteiger partial charge on any atom is -0.497 e. The molecule has 0 spiro atoms. The second-order valence-electron chi connectivity index (χ2n) is 6.36. The Morgan fingerprint density at radius 3 is 2.23 bits per heavy atom. The van der Waals surface area contributed by atoms with Crippen molar-refractivity contribution in [2.75, 3.05) is 26.8 Å². The van der Waals surface area contributed by atoms with Crippen LogP contribution in [0.1, 0.15) is 10.4 Å². The average molecular weight is 417 g/mol. The van der Waals surface area contributed by atoms with E-state index in [1.165, 1.54) is 13.3 Å². The summed E-state index contributed by atoms with van der Waals surface area (Å²) in [5.74, 6) is 0.857. The largest absolute Gasteiger partial charge is 0.497 e.